The molecule has 1 amide bonds. The molecule has 1 N–H and O–H groups in total. The molecular weight excluding hydrogens is 528 g/mol. The average molecular weight is 565 g/mol. The maximum Gasteiger partial charge on any atom is 0.252 e. The van der Waals surface area contributed by atoms with Gasteiger partial charge in [-0.3, -0.25) is 4.79 Å². The Morgan fingerprint density at radius 1 is 0.875 bits per heavy atom. The Morgan fingerprint density at radius 2 is 1.50 bits per heavy atom. The molecule has 0 bridgehead atoms. The molecule has 2 heterocycles. The lowest BCUT2D eigenvalue weighted by Crippen LogP contribution is -2.17. The molecule has 0 saturated carbocycles. The number of halogens is 1. The lowest BCUT2D eigenvalue weighted by Gasteiger charge is -2.15. The number of methoxy groups -OCH3 is 3. The van der Waals surface area contributed by atoms with Crippen molar-refractivity contribution in [2.45, 2.75) is 27.2 Å². The van der Waals surface area contributed by atoms with Crippen molar-refractivity contribution in [3.63, 3.8) is 0 Å². The molecule has 0 unspecified atom stereocenters. The Kier molecular flexibility index (Phi) is 11.5. The molecule has 5 rings (SSSR count). The number of benzene rings is 3. The first-order valence-corrected chi connectivity index (χ1v) is 13.8. The summed E-state index contributed by atoms with van der Waals surface area (Å²) < 4.78 is 24.6. The summed E-state index contributed by atoms with van der Waals surface area (Å²) >= 11 is 4.64. The van der Waals surface area contributed by atoms with Gasteiger partial charge in [-0.1, -0.05) is 62.4 Å². The normalized spacial score (nSPS) is 12.2. The minimum Gasteiger partial charge on any atom is -0.493 e. The van der Waals surface area contributed by atoms with Crippen LogP contribution in [-0.4, -0.2) is 44.7 Å². The monoisotopic (exact) mass is 564 g/mol. The van der Waals surface area contributed by atoms with E-state index < -0.39 is 0 Å². The largest absolute Gasteiger partial charge is 0.493 e. The quantitative estimate of drug-likeness (QED) is 0.227. The molecule has 0 saturated heterocycles. The maximum absolute atomic E-state index is 13.1. The number of ether oxygens (including phenoxy) is 4. The molecule has 1 aliphatic rings. The zero-order valence-corrected chi connectivity index (χ0v) is 24.7. The van der Waals surface area contributed by atoms with Gasteiger partial charge in [-0.05, 0) is 34.9 Å². The van der Waals surface area contributed by atoms with E-state index in [1.807, 2.05) is 68.4 Å². The highest BCUT2D eigenvalue weighted by atomic mass is 35.5. The molecule has 7 nitrogen and oxygen atoms in total. The summed E-state index contributed by atoms with van der Waals surface area (Å²) in [6.07, 6.45) is 3.53. The third-order valence-electron chi connectivity index (χ3n) is 6.36. The predicted octanol–water partition coefficient (Wildman–Crippen LogP) is 6.76. The van der Waals surface area contributed by atoms with Crippen LogP contribution in [0.1, 0.15) is 30.5 Å². The third kappa shape index (κ3) is 6.43. The fraction of sp³-hybridized carbons (Fsp3) is 0.281. The van der Waals surface area contributed by atoms with Gasteiger partial charge < -0.3 is 28.8 Å². The number of alkyl halides is 1. The number of carbonyl (C=O) groups is 1. The van der Waals surface area contributed by atoms with Crippen molar-refractivity contribution < 1.29 is 23.7 Å². The molecule has 0 radical (unpaired) electrons. The minimum absolute atomic E-state index is 0.142. The van der Waals surface area contributed by atoms with E-state index in [2.05, 4.69) is 39.8 Å². The predicted molar refractivity (Wildman–Crippen MR) is 162 cm³/mol. The third-order valence-corrected chi connectivity index (χ3v) is 6.36. The van der Waals surface area contributed by atoms with E-state index in [4.69, 9.17) is 18.9 Å². The minimum atomic E-state index is -0.142. The number of carbonyl (C=O) groups excluding carboxylic acids is 1. The summed E-state index contributed by atoms with van der Waals surface area (Å²) in [5, 5.41) is 4.05. The second kappa shape index (κ2) is 15.0. The molecule has 0 spiro atoms. The Balaban J connectivity index is 0.00000106. The van der Waals surface area contributed by atoms with Crippen molar-refractivity contribution >= 4 is 39.6 Å². The second-order valence-electron chi connectivity index (χ2n) is 8.44. The van der Waals surface area contributed by atoms with Crippen molar-refractivity contribution in [1.82, 2.24) is 9.88 Å². The van der Waals surface area contributed by atoms with Crippen LogP contribution in [-0.2, 0) is 22.9 Å². The number of nitrogens with zero attached hydrogens (tertiary/aromatic N) is 1. The van der Waals surface area contributed by atoms with E-state index >= 15 is 0 Å². The van der Waals surface area contributed by atoms with E-state index in [9.17, 15) is 4.79 Å². The van der Waals surface area contributed by atoms with Crippen LogP contribution >= 0.6 is 11.6 Å². The summed E-state index contributed by atoms with van der Waals surface area (Å²) in [6.45, 7) is 5.33. The smallest absolute Gasteiger partial charge is 0.252 e. The van der Waals surface area contributed by atoms with E-state index in [0.717, 1.165) is 27.6 Å². The number of fused-ring (bicyclic) bond motifs is 1. The number of nitrogens with one attached hydrogen (secondary N) is 1. The van der Waals surface area contributed by atoms with Crippen LogP contribution in [0, 0.1) is 0 Å². The standard InChI is InChI=1S/C29H28N2O5.C2H6.CH3Cl/c1-33-25-13-20(14-26(34-2)28(25)35-3)27-22(15-30-29(27)32)23-16-31(24-12-8-7-11-21(23)24)18-36-17-19-9-5-4-6-10-19;2*1-2/h4-14,16H,15,17-18H2,1-3H3,(H,30,32);1-2H3;1H3. The number of para-hydroxylation sites is 1. The fourth-order valence-electron chi connectivity index (χ4n) is 4.67. The lowest BCUT2D eigenvalue weighted by atomic mass is 9.96. The number of rotatable bonds is 9. The van der Waals surface area contributed by atoms with E-state index in [0.29, 0.717) is 48.3 Å². The number of amides is 1. The maximum atomic E-state index is 13.1. The summed E-state index contributed by atoms with van der Waals surface area (Å²) in [7, 11) is 4.68. The van der Waals surface area contributed by atoms with Crippen LogP contribution in [0.4, 0.5) is 0 Å². The molecule has 0 fully saturated rings. The SMILES string of the molecule is CC.CCl.COc1cc(C2=C(c3cn(COCc4ccccc4)c4ccccc34)CNC2=O)cc(OC)c1OC. The van der Waals surface area contributed by atoms with Crippen LogP contribution in [0.5, 0.6) is 17.2 Å². The highest BCUT2D eigenvalue weighted by molar-refractivity contribution is 6.31. The molecule has 1 aromatic heterocycles. The van der Waals surface area contributed by atoms with E-state index in [-0.39, 0.29) is 5.91 Å². The molecule has 4 aromatic rings. The average Bonchev–Trinajstić information content (AvgIpc) is 3.59. The summed E-state index contributed by atoms with van der Waals surface area (Å²) in [5.74, 6) is 1.33. The van der Waals surface area contributed by atoms with Gasteiger partial charge in [0.25, 0.3) is 5.91 Å². The zero-order chi connectivity index (χ0) is 29.1. The fourth-order valence-corrected chi connectivity index (χ4v) is 4.67. The van der Waals surface area contributed by atoms with Gasteiger partial charge in [0.1, 0.15) is 6.73 Å². The summed E-state index contributed by atoms with van der Waals surface area (Å²) in [4.78, 5) is 13.1. The molecule has 3 aromatic carbocycles. The lowest BCUT2D eigenvalue weighted by molar-refractivity contribution is -0.114. The Morgan fingerprint density at radius 3 is 2.12 bits per heavy atom. The first-order valence-electron chi connectivity index (χ1n) is 13.0. The number of hydrogen-bond donors (Lipinski definition) is 1. The second-order valence-corrected chi connectivity index (χ2v) is 8.44. The van der Waals surface area contributed by atoms with Gasteiger partial charge in [0, 0.05) is 30.1 Å². The molecule has 0 aliphatic carbocycles. The van der Waals surface area contributed by atoms with Crippen LogP contribution in [0.2, 0.25) is 0 Å². The first kappa shape index (κ1) is 30.6. The highest BCUT2D eigenvalue weighted by Gasteiger charge is 2.29. The summed E-state index contributed by atoms with van der Waals surface area (Å²) in [6, 6.07) is 21.9. The first-order chi connectivity index (χ1) is 19.6. The van der Waals surface area contributed by atoms with Crippen molar-refractivity contribution in [2.24, 2.45) is 0 Å². The van der Waals surface area contributed by atoms with Crippen LogP contribution in [0.3, 0.4) is 0 Å². The Bertz CT molecular complexity index is 1420. The topological polar surface area (TPSA) is 71.0 Å². The number of aromatic nitrogens is 1. The summed E-state index contributed by atoms with van der Waals surface area (Å²) in [5.41, 5.74) is 5.33. The van der Waals surface area contributed by atoms with Gasteiger partial charge in [0.15, 0.2) is 11.5 Å². The molecule has 1 aliphatic heterocycles. The molecular formula is C32H37ClN2O5. The zero-order valence-electron chi connectivity index (χ0n) is 23.9. The van der Waals surface area contributed by atoms with Crippen LogP contribution in [0.25, 0.3) is 22.0 Å². The molecule has 0 atom stereocenters. The molecule has 40 heavy (non-hydrogen) atoms. The van der Waals surface area contributed by atoms with Crippen LogP contribution < -0.4 is 19.5 Å². The van der Waals surface area contributed by atoms with E-state index in [1.54, 1.807) is 21.3 Å². The van der Waals surface area contributed by atoms with Crippen molar-refractivity contribution in [3.05, 3.63) is 89.6 Å². The van der Waals surface area contributed by atoms with Gasteiger partial charge in [0.05, 0.1) is 39.0 Å². The van der Waals surface area contributed by atoms with Crippen molar-refractivity contribution in [2.75, 3.05) is 34.3 Å². The Hall–Kier alpha value is -3.94. The van der Waals surface area contributed by atoms with Gasteiger partial charge in [-0.2, -0.15) is 0 Å². The highest BCUT2D eigenvalue weighted by Crippen LogP contribution is 2.43. The van der Waals surface area contributed by atoms with Gasteiger partial charge in [0.2, 0.25) is 5.75 Å². The van der Waals surface area contributed by atoms with Crippen molar-refractivity contribution in [3.8, 4) is 17.2 Å². The van der Waals surface area contributed by atoms with Crippen molar-refractivity contribution in [1.29, 1.82) is 0 Å². The van der Waals surface area contributed by atoms with Gasteiger partial charge in [-0.15, -0.1) is 11.6 Å². The van der Waals surface area contributed by atoms with Gasteiger partial charge in [-0.25, -0.2) is 0 Å². The number of hydrogen-bond acceptors (Lipinski definition) is 5. The van der Waals surface area contributed by atoms with Gasteiger partial charge >= 0.3 is 0 Å². The molecule has 212 valence electrons. The molecule has 8 heteroatoms. The Labute approximate surface area is 241 Å². The van der Waals surface area contributed by atoms with E-state index in [1.165, 1.54) is 6.38 Å². The van der Waals surface area contributed by atoms with Crippen LogP contribution in [0.15, 0.2) is 72.9 Å².